The van der Waals surface area contributed by atoms with Crippen molar-refractivity contribution in [2.75, 3.05) is 33.9 Å². The molecule has 1 heterocycles. The second-order valence-corrected chi connectivity index (χ2v) is 5.98. The first-order valence-corrected chi connectivity index (χ1v) is 7.24. The Balaban J connectivity index is 1.77. The van der Waals surface area contributed by atoms with E-state index < -0.39 is 0 Å². The van der Waals surface area contributed by atoms with Crippen LogP contribution in [0, 0.1) is 0 Å². The average molecular weight is 256 g/mol. The molecule has 0 aromatic heterocycles. The Morgan fingerprint density at radius 3 is 2.11 bits per heavy atom. The zero-order chi connectivity index (χ0) is 13.0. The van der Waals surface area contributed by atoms with Gasteiger partial charge in [0.05, 0.1) is 12.2 Å². The van der Waals surface area contributed by atoms with Crippen molar-refractivity contribution in [3.8, 4) is 0 Å². The zero-order valence-electron chi connectivity index (χ0n) is 11.9. The van der Waals surface area contributed by atoms with Gasteiger partial charge in [-0.2, -0.15) is 0 Å². The molecule has 2 fully saturated rings. The third-order valence-corrected chi connectivity index (χ3v) is 4.67. The molecule has 0 aromatic carbocycles. The van der Waals surface area contributed by atoms with Crippen LogP contribution in [-0.4, -0.2) is 56.5 Å². The van der Waals surface area contributed by atoms with Crippen molar-refractivity contribution in [1.82, 2.24) is 4.90 Å². The first kappa shape index (κ1) is 14.3. The van der Waals surface area contributed by atoms with Gasteiger partial charge >= 0.3 is 0 Å². The van der Waals surface area contributed by atoms with Crippen molar-refractivity contribution < 1.29 is 9.47 Å². The predicted molar refractivity (Wildman–Crippen MR) is 72.7 cm³/mol. The topological polar surface area (TPSA) is 47.7 Å². The SMILES string of the molecule is COC1CN(CCC2(N)CCCCC2)CC1OC. The van der Waals surface area contributed by atoms with Crippen molar-refractivity contribution in [3.63, 3.8) is 0 Å². The maximum atomic E-state index is 6.48. The second kappa shape index (κ2) is 6.33. The second-order valence-electron chi connectivity index (χ2n) is 5.98. The van der Waals surface area contributed by atoms with Gasteiger partial charge < -0.3 is 15.2 Å². The molecule has 1 saturated heterocycles. The number of nitrogens with zero attached hydrogens (tertiary/aromatic N) is 1. The number of hydrogen-bond donors (Lipinski definition) is 1. The Morgan fingerprint density at radius 2 is 1.61 bits per heavy atom. The quantitative estimate of drug-likeness (QED) is 0.807. The molecule has 18 heavy (non-hydrogen) atoms. The van der Waals surface area contributed by atoms with Gasteiger partial charge in [-0.05, 0) is 19.3 Å². The Bertz CT molecular complexity index is 242. The summed E-state index contributed by atoms with van der Waals surface area (Å²) >= 11 is 0. The van der Waals surface area contributed by atoms with Gasteiger partial charge in [0.25, 0.3) is 0 Å². The number of likely N-dealkylation sites (tertiary alicyclic amines) is 1. The summed E-state index contributed by atoms with van der Waals surface area (Å²) in [6.45, 7) is 3.03. The average Bonchev–Trinajstić information content (AvgIpc) is 2.80. The number of nitrogens with two attached hydrogens (primary N) is 1. The fraction of sp³-hybridized carbons (Fsp3) is 1.00. The van der Waals surface area contributed by atoms with Gasteiger partial charge in [0, 0.05) is 39.4 Å². The van der Waals surface area contributed by atoms with Crippen molar-refractivity contribution in [1.29, 1.82) is 0 Å². The smallest absolute Gasteiger partial charge is 0.0971 e. The highest BCUT2D eigenvalue weighted by Crippen LogP contribution is 2.29. The van der Waals surface area contributed by atoms with E-state index in [1.165, 1.54) is 32.1 Å². The zero-order valence-corrected chi connectivity index (χ0v) is 11.9. The summed E-state index contributed by atoms with van der Waals surface area (Å²) in [5, 5.41) is 0. The molecule has 0 aromatic rings. The normalized spacial score (nSPS) is 32.8. The third kappa shape index (κ3) is 3.44. The van der Waals surface area contributed by atoms with Gasteiger partial charge in [-0.3, -0.25) is 4.90 Å². The van der Waals surface area contributed by atoms with Crippen LogP contribution in [0.25, 0.3) is 0 Å². The van der Waals surface area contributed by atoms with Crippen LogP contribution in [0.4, 0.5) is 0 Å². The minimum Gasteiger partial charge on any atom is -0.377 e. The molecular weight excluding hydrogens is 228 g/mol. The minimum atomic E-state index is 0.0893. The van der Waals surface area contributed by atoms with E-state index in [1.807, 2.05) is 0 Å². The molecule has 1 saturated carbocycles. The largest absolute Gasteiger partial charge is 0.377 e. The Labute approximate surface area is 111 Å². The molecule has 1 aliphatic carbocycles. The molecule has 2 rings (SSSR count). The van der Waals surface area contributed by atoms with Crippen LogP contribution in [0.2, 0.25) is 0 Å². The molecule has 2 aliphatic rings. The van der Waals surface area contributed by atoms with Crippen molar-refractivity contribution in [3.05, 3.63) is 0 Å². The Kier molecular flexibility index (Phi) is 5.01. The van der Waals surface area contributed by atoms with Crippen LogP contribution in [0.5, 0.6) is 0 Å². The number of methoxy groups -OCH3 is 2. The molecule has 0 radical (unpaired) electrons. The third-order valence-electron chi connectivity index (χ3n) is 4.67. The van der Waals surface area contributed by atoms with Gasteiger partial charge in [0.1, 0.15) is 0 Å². The van der Waals surface area contributed by atoms with Crippen LogP contribution in [0.1, 0.15) is 38.5 Å². The first-order valence-electron chi connectivity index (χ1n) is 7.24. The van der Waals surface area contributed by atoms with E-state index in [0.29, 0.717) is 0 Å². The highest BCUT2D eigenvalue weighted by molar-refractivity contribution is 4.91. The first-order chi connectivity index (χ1) is 8.67. The predicted octanol–water partition coefficient (Wildman–Crippen LogP) is 1.38. The lowest BCUT2D eigenvalue weighted by molar-refractivity contribution is -0.00461. The molecule has 4 nitrogen and oxygen atoms in total. The highest BCUT2D eigenvalue weighted by Gasteiger charge is 2.34. The Morgan fingerprint density at radius 1 is 1.06 bits per heavy atom. The van der Waals surface area contributed by atoms with Crippen molar-refractivity contribution in [2.45, 2.75) is 56.3 Å². The van der Waals surface area contributed by atoms with E-state index >= 15 is 0 Å². The lowest BCUT2D eigenvalue weighted by Gasteiger charge is -2.34. The molecule has 2 N–H and O–H groups in total. The van der Waals surface area contributed by atoms with Gasteiger partial charge in [0.15, 0.2) is 0 Å². The standard InChI is InChI=1S/C14H28N2O2/c1-17-12-10-16(11-13(12)18-2)9-8-14(15)6-4-3-5-7-14/h12-13H,3-11,15H2,1-2H3. The fourth-order valence-corrected chi connectivity index (χ4v) is 3.34. The van der Waals surface area contributed by atoms with Crippen LogP contribution in [-0.2, 0) is 9.47 Å². The van der Waals surface area contributed by atoms with E-state index in [2.05, 4.69) is 4.90 Å². The summed E-state index contributed by atoms with van der Waals surface area (Å²) in [6, 6.07) is 0. The van der Waals surface area contributed by atoms with Gasteiger partial charge in [-0.1, -0.05) is 19.3 Å². The molecule has 0 amide bonds. The van der Waals surface area contributed by atoms with Gasteiger partial charge in [0.2, 0.25) is 0 Å². The van der Waals surface area contributed by atoms with Crippen molar-refractivity contribution >= 4 is 0 Å². The van der Waals surface area contributed by atoms with E-state index in [0.717, 1.165) is 26.1 Å². The fourth-order valence-electron chi connectivity index (χ4n) is 3.34. The monoisotopic (exact) mass is 256 g/mol. The number of hydrogen-bond acceptors (Lipinski definition) is 4. The molecule has 2 atom stereocenters. The van der Waals surface area contributed by atoms with Gasteiger partial charge in [-0.25, -0.2) is 0 Å². The van der Waals surface area contributed by atoms with E-state index in [9.17, 15) is 0 Å². The maximum absolute atomic E-state index is 6.48. The minimum absolute atomic E-state index is 0.0893. The van der Waals surface area contributed by atoms with Crippen molar-refractivity contribution in [2.24, 2.45) is 5.73 Å². The summed E-state index contributed by atoms with van der Waals surface area (Å²) in [6.07, 6.45) is 7.91. The summed E-state index contributed by atoms with van der Waals surface area (Å²) in [7, 11) is 3.54. The summed E-state index contributed by atoms with van der Waals surface area (Å²) < 4.78 is 10.9. The van der Waals surface area contributed by atoms with Crippen LogP contribution in [0.15, 0.2) is 0 Å². The number of rotatable bonds is 5. The molecular formula is C14H28N2O2. The highest BCUT2D eigenvalue weighted by atomic mass is 16.5. The molecule has 0 spiro atoms. The van der Waals surface area contributed by atoms with E-state index in [4.69, 9.17) is 15.2 Å². The molecule has 1 aliphatic heterocycles. The maximum Gasteiger partial charge on any atom is 0.0971 e. The molecule has 4 heteroatoms. The van der Waals surface area contributed by atoms with E-state index in [1.54, 1.807) is 14.2 Å². The summed E-state index contributed by atoms with van der Waals surface area (Å²) in [5.41, 5.74) is 6.57. The van der Waals surface area contributed by atoms with Crippen LogP contribution >= 0.6 is 0 Å². The Hall–Kier alpha value is -0.160. The lowest BCUT2D eigenvalue weighted by atomic mass is 9.80. The van der Waals surface area contributed by atoms with E-state index in [-0.39, 0.29) is 17.7 Å². The molecule has 106 valence electrons. The number of ether oxygens (including phenoxy) is 2. The molecule has 0 bridgehead atoms. The lowest BCUT2D eigenvalue weighted by Crippen LogP contribution is -2.44. The van der Waals surface area contributed by atoms with Crippen LogP contribution in [0.3, 0.4) is 0 Å². The molecule has 2 unspecified atom stereocenters. The van der Waals surface area contributed by atoms with Crippen LogP contribution < -0.4 is 5.73 Å². The van der Waals surface area contributed by atoms with Gasteiger partial charge in [-0.15, -0.1) is 0 Å². The summed E-state index contributed by atoms with van der Waals surface area (Å²) in [4.78, 5) is 2.44. The summed E-state index contributed by atoms with van der Waals surface area (Å²) in [5.74, 6) is 0.